The maximum absolute atomic E-state index is 12.2. The molecule has 1 aliphatic carbocycles. The molecule has 0 radical (unpaired) electrons. The Bertz CT molecular complexity index is 680. The number of carbonyl (C=O) groups is 1. The molecule has 122 valence electrons. The van der Waals surface area contributed by atoms with Gasteiger partial charge in [-0.1, -0.05) is 42.8 Å². The summed E-state index contributed by atoms with van der Waals surface area (Å²) in [6.07, 6.45) is 4.58. The van der Waals surface area contributed by atoms with Gasteiger partial charge in [0.05, 0.1) is 5.25 Å². The Morgan fingerprint density at radius 1 is 1.30 bits per heavy atom. The Hall–Kier alpha value is -1.82. The number of hydrogen-bond donors (Lipinski definition) is 1. The predicted molar refractivity (Wildman–Crippen MR) is 90.2 cm³/mol. The maximum Gasteiger partial charge on any atom is 0.277 e. The van der Waals surface area contributed by atoms with Gasteiger partial charge >= 0.3 is 0 Å². The molecular weight excluding hydrogens is 310 g/mol. The molecule has 1 atom stereocenters. The molecule has 1 unspecified atom stereocenters. The summed E-state index contributed by atoms with van der Waals surface area (Å²) >= 11 is 1.30. The number of benzene rings is 1. The van der Waals surface area contributed by atoms with Crippen LogP contribution in [0.5, 0.6) is 0 Å². The van der Waals surface area contributed by atoms with E-state index in [9.17, 15) is 4.79 Å². The summed E-state index contributed by atoms with van der Waals surface area (Å²) < 4.78 is 5.70. The molecule has 3 rings (SSSR count). The van der Waals surface area contributed by atoms with Crippen molar-refractivity contribution in [1.82, 2.24) is 15.5 Å². The van der Waals surface area contributed by atoms with Crippen molar-refractivity contribution in [2.75, 3.05) is 0 Å². The van der Waals surface area contributed by atoms with Crippen LogP contribution in [-0.4, -0.2) is 27.4 Å². The van der Waals surface area contributed by atoms with Crippen molar-refractivity contribution in [2.24, 2.45) is 0 Å². The van der Waals surface area contributed by atoms with Gasteiger partial charge in [0, 0.05) is 11.6 Å². The fraction of sp³-hybridized carbons (Fsp3) is 0.471. The molecule has 1 aromatic heterocycles. The zero-order valence-corrected chi connectivity index (χ0v) is 14.2. The second-order valence-corrected chi connectivity index (χ2v) is 7.23. The van der Waals surface area contributed by atoms with Crippen LogP contribution in [0.3, 0.4) is 0 Å². The minimum atomic E-state index is -0.249. The topological polar surface area (TPSA) is 68.0 Å². The highest BCUT2D eigenvalue weighted by molar-refractivity contribution is 8.00. The predicted octanol–water partition coefficient (Wildman–Crippen LogP) is 3.58. The SMILES string of the molecule is Cc1ccccc1-c1nnc(SC(C)C(=O)NC2CCCC2)o1. The van der Waals surface area contributed by atoms with Crippen LogP contribution in [0.25, 0.3) is 11.5 Å². The Balaban J connectivity index is 1.62. The third-order valence-corrected chi connectivity index (χ3v) is 5.06. The van der Waals surface area contributed by atoms with Crippen LogP contribution in [0.2, 0.25) is 0 Å². The fourth-order valence-electron chi connectivity index (χ4n) is 2.77. The van der Waals surface area contributed by atoms with E-state index in [0.29, 0.717) is 17.2 Å². The summed E-state index contributed by atoms with van der Waals surface area (Å²) in [5.41, 5.74) is 2.01. The van der Waals surface area contributed by atoms with Crippen LogP contribution in [0, 0.1) is 6.92 Å². The Kier molecular flexibility index (Phi) is 5.00. The molecule has 1 fully saturated rings. The number of aryl methyl sites for hydroxylation is 1. The van der Waals surface area contributed by atoms with Gasteiger partial charge in [0.15, 0.2) is 0 Å². The molecule has 23 heavy (non-hydrogen) atoms. The fourth-order valence-corrected chi connectivity index (χ4v) is 3.47. The Morgan fingerprint density at radius 3 is 2.78 bits per heavy atom. The van der Waals surface area contributed by atoms with Gasteiger partial charge in [-0.3, -0.25) is 4.79 Å². The Labute approximate surface area is 140 Å². The van der Waals surface area contributed by atoms with Gasteiger partial charge in [0.1, 0.15) is 0 Å². The van der Waals surface area contributed by atoms with E-state index in [1.165, 1.54) is 24.6 Å². The third-order valence-electron chi connectivity index (χ3n) is 4.13. The van der Waals surface area contributed by atoms with E-state index in [1.807, 2.05) is 38.1 Å². The Morgan fingerprint density at radius 2 is 2.04 bits per heavy atom. The van der Waals surface area contributed by atoms with Crippen LogP contribution in [-0.2, 0) is 4.79 Å². The molecule has 0 saturated heterocycles. The molecule has 0 aliphatic heterocycles. The lowest BCUT2D eigenvalue weighted by Gasteiger charge is -2.14. The van der Waals surface area contributed by atoms with Gasteiger partial charge in [-0.05, 0) is 38.3 Å². The minimum Gasteiger partial charge on any atom is -0.411 e. The number of aromatic nitrogens is 2. The second kappa shape index (κ2) is 7.17. The molecule has 1 aromatic carbocycles. The van der Waals surface area contributed by atoms with Crippen LogP contribution >= 0.6 is 11.8 Å². The summed E-state index contributed by atoms with van der Waals surface area (Å²) in [6, 6.07) is 8.20. The highest BCUT2D eigenvalue weighted by Crippen LogP contribution is 2.28. The molecule has 0 bridgehead atoms. The van der Waals surface area contributed by atoms with Crippen molar-refractivity contribution in [3.05, 3.63) is 29.8 Å². The van der Waals surface area contributed by atoms with Gasteiger partial charge in [-0.25, -0.2) is 0 Å². The molecular formula is C17H21N3O2S. The average Bonchev–Trinajstić information content (AvgIpc) is 3.19. The molecule has 1 heterocycles. The lowest BCUT2D eigenvalue weighted by Crippen LogP contribution is -2.37. The van der Waals surface area contributed by atoms with Crippen molar-refractivity contribution in [2.45, 2.75) is 56.0 Å². The highest BCUT2D eigenvalue weighted by atomic mass is 32.2. The van der Waals surface area contributed by atoms with Crippen molar-refractivity contribution < 1.29 is 9.21 Å². The minimum absolute atomic E-state index is 0.0394. The zero-order chi connectivity index (χ0) is 16.2. The standard InChI is InChI=1S/C17H21N3O2S/c1-11-7-3-6-10-14(11)16-19-20-17(22-16)23-12(2)15(21)18-13-8-4-5-9-13/h3,6-7,10,12-13H,4-5,8-9H2,1-2H3,(H,18,21). The molecule has 0 spiro atoms. The lowest BCUT2D eigenvalue weighted by molar-refractivity contribution is -0.120. The first-order valence-corrected chi connectivity index (χ1v) is 8.88. The average molecular weight is 331 g/mol. The molecule has 5 nitrogen and oxygen atoms in total. The number of hydrogen-bond acceptors (Lipinski definition) is 5. The van der Waals surface area contributed by atoms with E-state index in [2.05, 4.69) is 15.5 Å². The summed E-state index contributed by atoms with van der Waals surface area (Å²) in [5, 5.41) is 11.4. The number of nitrogens with one attached hydrogen (secondary N) is 1. The van der Waals surface area contributed by atoms with Crippen molar-refractivity contribution in [3.63, 3.8) is 0 Å². The van der Waals surface area contributed by atoms with Gasteiger partial charge in [-0.15, -0.1) is 10.2 Å². The quantitative estimate of drug-likeness (QED) is 0.848. The first-order chi connectivity index (χ1) is 11.1. The molecule has 6 heteroatoms. The van der Waals surface area contributed by atoms with Gasteiger partial charge in [-0.2, -0.15) is 0 Å². The summed E-state index contributed by atoms with van der Waals surface area (Å²) in [6.45, 7) is 3.87. The summed E-state index contributed by atoms with van der Waals surface area (Å²) in [4.78, 5) is 12.2. The van der Waals surface area contributed by atoms with E-state index < -0.39 is 0 Å². The molecule has 1 saturated carbocycles. The highest BCUT2D eigenvalue weighted by Gasteiger charge is 2.23. The van der Waals surface area contributed by atoms with E-state index in [1.54, 1.807) is 0 Å². The first-order valence-electron chi connectivity index (χ1n) is 8.00. The number of nitrogens with zero attached hydrogens (tertiary/aromatic N) is 2. The van der Waals surface area contributed by atoms with Gasteiger partial charge < -0.3 is 9.73 Å². The first kappa shape index (κ1) is 16.1. The van der Waals surface area contributed by atoms with Crippen LogP contribution in [0.1, 0.15) is 38.2 Å². The van der Waals surface area contributed by atoms with E-state index in [-0.39, 0.29) is 11.2 Å². The van der Waals surface area contributed by atoms with E-state index in [0.717, 1.165) is 24.0 Å². The third kappa shape index (κ3) is 3.93. The normalized spacial score (nSPS) is 16.4. The van der Waals surface area contributed by atoms with Gasteiger partial charge in [0.2, 0.25) is 11.8 Å². The van der Waals surface area contributed by atoms with Crippen LogP contribution < -0.4 is 5.32 Å². The van der Waals surface area contributed by atoms with Gasteiger partial charge in [0.25, 0.3) is 5.22 Å². The second-order valence-electron chi connectivity index (χ2n) is 5.94. The lowest BCUT2D eigenvalue weighted by atomic mass is 10.1. The van der Waals surface area contributed by atoms with Crippen molar-refractivity contribution in [1.29, 1.82) is 0 Å². The number of carbonyl (C=O) groups excluding carboxylic acids is 1. The molecule has 1 N–H and O–H groups in total. The van der Waals surface area contributed by atoms with E-state index in [4.69, 9.17) is 4.42 Å². The molecule has 2 aromatic rings. The summed E-state index contributed by atoms with van der Waals surface area (Å²) in [7, 11) is 0. The zero-order valence-electron chi connectivity index (χ0n) is 13.4. The molecule has 1 aliphatic rings. The largest absolute Gasteiger partial charge is 0.411 e. The maximum atomic E-state index is 12.2. The van der Waals surface area contributed by atoms with Crippen LogP contribution in [0.15, 0.2) is 33.9 Å². The van der Waals surface area contributed by atoms with Crippen LogP contribution in [0.4, 0.5) is 0 Å². The number of thioether (sulfide) groups is 1. The smallest absolute Gasteiger partial charge is 0.277 e. The summed E-state index contributed by atoms with van der Waals surface area (Å²) in [5.74, 6) is 0.534. The number of amides is 1. The number of rotatable bonds is 5. The van der Waals surface area contributed by atoms with Crippen molar-refractivity contribution >= 4 is 17.7 Å². The molecule has 1 amide bonds. The van der Waals surface area contributed by atoms with Crippen molar-refractivity contribution in [3.8, 4) is 11.5 Å². The van der Waals surface area contributed by atoms with E-state index >= 15 is 0 Å². The monoisotopic (exact) mass is 331 g/mol.